The standard InChI is InChI=1S/C29H23ClN2O4/c30-22-12-10-20(11-13-22)28(33)31-23-14-15-25(24(16-23)29(34)35)32-17-21-8-4-5-9-26(21)36-27(18-32)19-6-2-1-3-7-19/h1-16,27H,17-18H2,(H,31,33)(H,34,35). The van der Waals surface area contributed by atoms with Gasteiger partial charge in [-0.1, -0.05) is 60.1 Å². The maximum atomic E-state index is 12.6. The molecule has 0 fully saturated rings. The fraction of sp³-hybridized carbons (Fsp3) is 0.103. The molecule has 1 aliphatic heterocycles. The number of benzene rings is 4. The molecule has 0 spiro atoms. The van der Waals surface area contributed by atoms with Crippen molar-refractivity contribution in [1.29, 1.82) is 0 Å². The number of carboxylic acid groups (broad SMARTS) is 1. The molecule has 1 atom stereocenters. The number of carboxylic acids is 1. The van der Waals surface area contributed by atoms with Crippen LogP contribution in [0.5, 0.6) is 5.75 Å². The Kier molecular flexibility index (Phi) is 6.60. The van der Waals surface area contributed by atoms with E-state index >= 15 is 0 Å². The van der Waals surface area contributed by atoms with Crippen molar-refractivity contribution in [2.45, 2.75) is 12.6 Å². The zero-order valence-corrected chi connectivity index (χ0v) is 20.0. The van der Waals surface area contributed by atoms with Gasteiger partial charge in [0.1, 0.15) is 11.9 Å². The van der Waals surface area contributed by atoms with Crippen molar-refractivity contribution >= 4 is 34.9 Å². The van der Waals surface area contributed by atoms with E-state index in [1.165, 1.54) is 6.07 Å². The van der Waals surface area contributed by atoms with Crippen molar-refractivity contribution in [1.82, 2.24) is 0 Å². The number of ether oxygens (including phenoxy) is 1. The summed E-state index contributed by atoms with van der Waals surface area (Å²) in [5, 5.41) is 13.4. The second kappa shape index (κ2) is 10.1. The summed E-state index contributed by atoms with van der Waals surface area (Å²) in [4.78, 5) is 27.0. The third-order valence-electron chi connectivity index (χ3n) is 6.09. The minimum Gasteiger partial charge on any atom is -0.484 e. The van der Waals surface area contributed by atoms with Crippen LogP contribution in [-0.2, 0) is 6.54 Å². The van der Waals surface area contributed by atoms with Gasteiger partial charge in [0.05, 0.1) is 17.8 Å². The van der Waals surface area contributed by atoms with Crippen LogP contribution in [0.3, 0.4) is 0 Å². The lowest BCUT2D eigenvalue weighted by Gasteiger charge is -2.27. The number of hydrogen-bond acceptors (Lipinski definition) is 4. The van der Waals surface area contributed by atoms with Gasteiger partial charge < -0.3 is 20.1 Å². The van der Waals surface area contributed by atoms with Crippen molar-refractivity contribution < 1.29 is 19.4 Å². The molecule has 1 amide bonds. The average molecular weight is 499 g/mol. The number of fused-ring (bicyclic) bond motifs is 1. The molecule has 5 rings (SSSR count). The van der Waals surface area contributed by atoms with Crippen molar-refractivity contribution in [3.8, 4) is 5.75 Å². The predicted molar refractivity (Wildman–Crippen MR) is 140 cm³/mol. The number of halogens is 1. The molecule has 0 aliphatic carbocycles. The van der Waals surface area contributed by atoms with Crippen LogP contribution < -0.4 is 15.0 Å². The smallest absolute Gasteiger partial charge is 0.337 e. The largest absolute Gasteiger partial charge is 0.484 e. The summed E-state index contributed by atoms with van der Waals surface area (Å²) >= 11 is 5.91. The number of hydrogen-bond donors (Lipinski definition) is 2. The number of aromatic carboxylic acids is 1. The summed E-state index contributed by atoms with van der Waals surface area (Å²) in [5.41, 5.74) is 3.42. The Bertz CT molecular complexity index is 1410. The van der Waals surface area contributed by atoms with Crippen molar-refractivity contribution in [3.63, 3.8) is 0 Å². The highest BCUT2D eigenvalue weighted by atomic mass is 35.5. The second-order valence-electron chi connectivity index (χ2n) is 8.50. The summed E-state index contributed by atoms with van der Waals surface area (Å²) < 4.78 is 6.37. The Morgan fingerprint density at radius 1 is 0.917 bits per heavy atom. The highest BCUT2D eigenvalue weighted by Gasteiger charge is 2.27. The normalized spacial score (nSPS) is 14.8. The molecule has 1 unspecified atom stereocenters. The van der Waals surface area contributed by atoms with Gasteiger partial charge >= 0.3 is 5.97 Å². The van der Waals surface area contributed by atoms with E-state index in [4.69, 9.17) is 16.3 Å². The van der Waals surface area contributed by atoms with Crippen LogP contribution in [0.1, 0.15) is 37.9 Å². The third-order valence-corrected chi connectivity index (χ3v) is 6.34. The van der Waals surface area contributed by atoms with E-state index in [2.05, 4.69) is 5.32 Å². The van der Waals surface area contributed by atoms with E-state index in [0.29, 0.717) is 35.1 Å². The quantitative estimate of drug-likeness (QED) is 0.331. The van der Waals surface area contributed by atoms with Gasteiger partial charge in [0, 0.05) is 28.4 Å². The molecule has 0 aromatic heterocycles. The molecular formula is C29H23ClN2O4. The van der Waals surface area contributed by atoms with Crippen LogP contribution in [0.2, 0.25) is 5.02 Å². The first-order chi connectivity index (χ1) is 17.5. The molecule has 180 valence electrons. The highest BCUT2D eigenvalue weighted by Crippen LogP contribution is 2.35. The molecule has 1 aliphatic rings. The van der Waals surface area contributed by atoms with Gasteiger partial charge in [0.15, 0.2) is 0 Å². The number of amides is 1. The molecule has 1 heterocycles. The summed E-state index contributed by atoms with van der Waals surface area (Å²) in [6, 6.07) is 29.1. The number of carbonyl (C=O) groups excluding carboxylic acids is 1. The van der Waals surface area contributed by atoms with E-state index in [0.717, 1.165) is 16.9 Å². The van der Waals surface area contributed by atoms with Gasteiger partial charge in [-0.25, -0.2) is 4.79 Å². The minimum atomic E-state index is -1.08. The van der Waals surface area contributed by atoms with E-state index in [9.17, 15) is 14.7 Å². The van der Waals surface area contributed by atoms with E-state index in [-0.39, 0.29) is 17.6 Å². The lowest BCUT2D eigenvalue weighted by Crippen LogP contribution is -2.29. The number of nitrogens with one attached hydrogen (secondary N) is 1. The van der Waals surface area contributed by atoms with E-state index < -0.39 is 5.97 Å². The maximum absolute atomic E-state index is 12.6. The summed E-state index contributed by atoms with van der Waals surface area (Å²) in [5.74, 6) is -0.656. The van der Waals surface area contributed by atoms with Gasteiger partial charge in [0.2, 0.25) is 0 Å². The van der Waals surface area contributed by atoms with E-state index in [1.807, 2.05) is 59.5 Å². The lowest BCUT2D eigenvalue weighted by molar-refractivity contribution is 0.0697. The minimum absolute atomic E-state index is 0.0927. The molecule has 0 radical (unpaired) electrons. The van der Waals surface area contributed by atoms with Gasteiger partial charge in [-0.15, -0.1) is 0 Å². The molecule has 4 aromatic carbocycles. The van der Waals surface area contributed by atoms with Crippen LogP contribution >= 0.6 is 11.6 Å². The molecule has 0 saturated heterocycles. The Labute approximate surface area is 213 Å². The van der Waals surface area contributed by atoms with Crippen molar-refractivity contribution in [2.75, 3.05) is 16.8 Å². The molecule has 2 N–H and O–H groups in total. The van der Waals surface area contributed by atoms with Crippen LogP contribution in [0.4, 0.5) is 11.4 Å². The molecule has 4 aromatic rings. The van der Waals surface area contributed by atoms with Gasteiger partial charge in [-0.2, -0.15) is 0 Å². The summed E-state index contributed by atoms with van der Waals surface area (Å²) in [7, 11) is 0. The van der Waals surface area contributed by atoms with Gasteiger partial charge in [0.25, 0.3) is 5.91 Å². The first-order valence-corrected chi connectivity index (χ1v) is 11.8. The van der Waals surface area contributed by atoms with Gasteiger partial charge in [-0.05, 0) is 54.1 Å². The molecule has 36 heavy (non-hydrogen) atoms. The van der Waals surface area contributed by atoms with Crippen LogP contribution in [0.15, 0.2) is 97.1 Å². The molecular weight excluding hydrogens is 476 g/mol. The summed E-state index contributed by atoms with van der Waals surface area (Å²) in [6.07, 6.45) is -0.291. The zero-order chi connectivity index (χ0) is 25.1. The average Bonchev–Trinajstić information content (AvgIpc) is 3.09. The molecule has 7 heteroatoms. The number of para-hydroxylation sites is 1. The SMILES string of the molecule is O=C(Nc1ccc(N2Cc3ccccc3OC(c3ccccc3)C2)c(C(=O)O)c1)c1ccc(Cl)cc1. The maximum Gasteiger partial charge on any atom is 0.337 e. The van der Waals surface area contributed by atoms with Crippen LogP contribution in [-0.4, -0.2) is 23.5 Å². The van der Waals surface area contributed by atoms with Crippen molar-refractivity contribution in [2.24, 2.45) is 0 Å². The fourth-order valence-electron chi connectivity index (χ4n) is 4.30. The monoisotopic (exact) mass is 498 g/mol. The van der Waals surface area contributed by atoms with E-state index in [1.54, 1.807) is 36.4 Å². The first-order valence-electron chi connectivity index (χ1n) is 11.5. The van der Waals surface area contributed by atoms with Gasteiger partial charge in [-0.3, -0.25) is 4.79 Å². The fourth-order valence-corrected chi connectivity index (χ4v) is 4.43. The predicted octanol–water partition coefficient (Wildman–Crippen LogP) is 6.43. The number of rotatable bonds is 5. The first kappa shape index (κ1) is 23.5. The van der Waals surface area contributed by atoms with Crippen LogP contribution in [0.25, 0.3) is 0 Å². The summed E-state index contributed by atoms with van der Waals surface area (Å²) in [6.45, 7) is 0.936. The Morgan fingerprint density at radius 2 is 1.64 bits per heavy atom. The second-order valence-corrected chi connectivity index (χ2v) is 8.94. The number of anilines is 2. The number of carbonyl (C=O) groups is 2. The Balaban J connectivity index is 1.48. The third kappa shape index (κ3) is 5.04. The Hall–Kier alpha value is -4.29. The topological polar surface area (TPSA) is 78.9 Å². The Morgan fingerprint density at radius 3 is 2.39 bits per heavy atom. The van der Waals surface area contributed by atoms with Crippen molar-refractivity contribution in [3.05, 3.63) is 124 Å². The molecule has 0 saturated carbocycles. The van der Waals surface area contributed by atoms with Crippen LogP contribution in [0, 0.1) is 0 Å². The molecule has 0 bridgehead atoms. The lowest BCUT2D eigenvalue weighted by atomic mass is 10.1. The highest BCUT2D eigenvalue weighted by molar-refractivity contribution is 6.30. The number of nitrogens with zero attached hydrogens (tertiary/aromatic N) is 1. The zero-order valence-electron chi connectivity index (χ0n) is 19.2. The molecule has 6 nitrogen and oxygen atoms in total.